The van der Waals surface area contributed by atoms with Crippen LogP contribution in [0.5, 0.6) is 0 Å². The summed E-state index contributed by atoms with van der Waals surface area (Å²) in [6.07, 6.45) is 3.05. The van der Waals surface area contributed by atoms with Crippen LogP contribution in [-0.2, 0) is 24.0 Å². The second-order valence-electron chi connectivity index (χ2n) is 8.86. The van der Waals surface area contributed by atoms with E-state index in [0.717, 1.165) is 0 Å². The van der Waals surface area contributed by atoms with Crippen LogP contribution in [-0.4, -0.2) is 76.9 Å². The highest BCUT2D eigenvalue weighted by Crippen LogP contribution is 2.21. The lowest BCUT2D eigenvalue weighted by Gasteiger charge is -2.30. The van der Waals surface area contributed by atoms with Crippen molar-refractivity contribution in [1.82, 2.24) is 15.5 Å². The molecule has 1 aliphatic heterocycles. The molecule has 12 nitrogen and oxygen atoms in total. The Kier molecular flexibility index (Phi) is 12.5. The highest BCUT2D eigenvalue weighted by molar-refractivity contribution is 5.94. The summed E-state index contributed by atoms with van der Waals surface area (Å²) in [5.74, 6) is -3.53. The molecule has 5 unspecified atom stereocenters. The van der Waals surface area contributed by atoms with Gasteiger partial charge in [0.15, 0.2) is 0 Å². The monoisotopic (exact) mass is 484 g/mol. The van der Waals surface area contributed by atoms with Crippen molar-refractivity contribution in [3.05, 3.63) is 0 Å². The van der Waals surface area contributed by atoms with Crippen LogP contribution in [0.1, 0.15) is 65.2 Å². The number of nitrogens with two attached hydrogens (primary N) is 3. The van der Waals surface area contributed by atoms with Crippen LogP contribution in [0.25, 0.3) is 0 Å². The molecular weight excluding hydrogens is 444 g/mol. The first-order valence-corrected chi connectivity index (χ1v) is 11.9. The first-order chi connectivity index (χ1) is 16.0. The van der Waals surface area contributed by atoms with Gasteiger partial charge in [-0.05, 0) is 51.0 Å². The molecule has 0 aromatic heterocycles. The molecule has 0 aromatic rings. The second-order valence-corrected chi connectivity index (χ2v) is 8.86. The molecule has 0 bridgehead atoms. The van der Waals surface area contributed by atoms with E-state index in [9.17, 15) is 29.1 Å². The number of carboxylic acids is 1. The topological polar surface area (TPSA) is 211 Å². The average Bonchev–Trinajstić information content (AvgIpc) is 3.29. The van der Waals surface area contributed by atoms with E-state index in [-0.39, 0.29) is 18.8 Å². The van der Waals surface area contributed by atoms with E-state index in [4.69, 9.17) is 17.2 Å². The van der Waals surface area contributed by atoms with Crippen LogP contribution < -0.4 is 27.8 Å². The molecule has 12 heteroatoms. The van der Waals surface area contributed by atoms with Gasteiger partial charge >= 0.3 is 5.97 Å². The predicted octanol–water partition coefficient (Wildman–Crippen LogP) is -1.20. The van der Waals surface area contributed by atoms with Gasteiger partial charge in [0.2, 0.25) is 23.6 Å². The third kappa shape index (κ3) is 8.90. The van der Waals surface area contributed by atoms with Gasteiger partial charge in [0.05, 0.1) is 6.04 Å². The van der Waals surface area contributed by atoms with Crippen molar-refractivity contribution in [1.29, 1.82) is 0 Å². The van der Waals surface area contributed by atoms with E-state index in [2.05, 4.69) is 10.6 Å². The Labute approximate surface area is 200 Å². The highest BCUT2D eigenvalue weighted by Gasteiger charge is 2.39. The van der Waals surface area contributed by atoms with Crippen molar-refractivity contribution in [2.75, 3.05) is 13.1 Å². The molecule has 0 aromatic carbocycles. The Hall–Kier alpha value is -2.73. The van der Waals surface area contributed by atoms with Crippen molar-refractivity contribution in [3.8, 4) is 0 Å². The molecule has 0 radical (unpaired) electrons. The minimum Gasteiger partial charge on any atom is -0.480 e. The van der Waals surface area contributed by atoms with Gasteiger partial charge in [-0.15, -0.1) is 0 Å². The number of carboxylic acid groups (broad SMARTS) is 1. The quantitative estimate of drug-likeness (QED) is 0.155. The molecule has 194 valence electrons. The average molecular weight is 485 g/mol. The van der Waals surface area contributed by atoms with Crippen molar-refractivity contribution in [2.45, 2.75) is 89.4 Å². The number of hydrogen-bond acceptors (Lipinski definition) is 7. The Morgan fingerprint density at radius 2 is 1.79 bits per heavy atom. The number of primary amides is 1. The maximum absolute atomic E-state index is 13.4. The zero-order chi connectivity index (χ0) is 25.8. The first-order valence-electron chi connectivity index (χ1n) is 11.9. The largest absolute Gasteiger partial charge is 0.480 e. The lowest BCUT2D eigenvalue weighted by molar-refractivity contribution is -0.146. The molecule has 5 atom stereocenters. The van der Waals surface area contributed by atoms with Gasteiger partial charge in [-0.2, -0.15) is 0 Å². The Balaban J connectivity index is 2.95. The van der Waals surface area contributed by atoms with Crippen LogP contribution in [0.15, 0.2) is 0 Å². The minimum absolute atomic E-state index is 0.0474. The lowest BCUT2D eigenvalue weighted by Crippen LogP contribution is -2.57. The summed E-state index contributed by atoms with van der Waals surface area (Å²) in [7, 11) is 0. The molecule has 1 fully saturated rings. The number of likely N-dealkylation sites (tertiary alicyclic amines) is 1. The summed E-state index contributed by atoms with van der Waals surface area (Å²) < 4.78 is 0. The van der Waals surface area contributed by atoms with Gasteiger partial charge in [0.1, 0.15) is 18.1 Å². The molecule has 9 N–H and O–H groups in total. The molecule has 34 heavy (non-hydrogen) atoms. The van der Waals surface area contributed by atoms with Crippen LogP contribution in [0.4, 0.5) is 0 Å². The van der Waals surface area contributed by atoms with E-state index < -0.39 is 53.8 Å². The molecule has 4 amide bonds. The third-order valence-corrected chi connectivity index (χ3v) is 6.22. The standard InChI is InChI=1S/C22H40N6O6/c1-3-13(2)18(22(33)34)27-20(31)16-8-6-12-28(16)21(32)15(7-4-5-11-23)26-19(30)14(24)9-10-17(25)29/h13-16,18H,3-12,23-24H2,1-2H3,(H2,25,29)(H,26,30)(H,27,31)(H,33,34). The Bertz CT molecular complexity index is 733. The fourth-order valence-corrected chi connectivity index (χ4v) is 3.89. The van der Waals surface area contributed by atoms with E-state index >= 15 is 0 Å². The molecule has 1 aliphatic rings. The molecule has 1 saturated heterocycles. The summed E-state index contributed by atoms with van der Waals surface area (Å²) in [4.78, 5) is 62.8. The number of carbonyl (C=O) groups excluding carboxylic acids is 4. The third-order valence-electron chi connectivity index (χ3n) is 6.22. The number of carbonyl (C=O) groups is 5. The van der Waals surface area contributed by atoms with E-state index in [0.29, 0.717) is 51.6 Å². The zero-order valence-electron chi connectivity index (χ0n) is 20.1. The highest BCUT2D eigenvalue weighted by atomic mass is 16.4. The fourth-order valence-electron chi connectivity index (χ4n) is 3.89. The lowest BCUT2D eigenvalue weighted by atomic mass is 9.98. The number of unbranched alkanes of at least 4 members (excludes halogenated alkanes) is 1. The van der Waals surface area contributed by atoms with Gasteiger partial charge in [-0.25, -0.2) is 4.79 Å². The fraction of sp³-hybridized carbons (Fsp3) is 0.773. The van der Waals surface area contributed by atoms with Crippen molar-refractivity contribution >= 4 is 29.6 Å². The SMILES string of the molecule is CCC(C)C(NC(=O)C1CCCN1C(=O)C(CCCCN)NC(=O)C(N)CCC(N)=O)C(=O)O. The molecule has 1 rings (SSSR count). The maximum Gasteiger partial charge on any atom is 0.326 e. The Morgan fingerprint density at radius 1 is 1.12 bits per heavy atom. The van der Waals surface area contributed by atoms with Crippen LogP contribution in [0, 0.1) is 5.92 Å². The van der Waals surface area contributed by atoms with E-state index in [1.54, 1.807) is 6.92 Å². The van der Waals surface area contributed by atoms with E-state index in [1.807, 2.05) is 6.92 Å². The number of nitrogens with one attached hydrogen (secondary N) is 2. The predicted molar refractivity (Wildman–Crippen MR) is 125 cm³/mol. The zero-order valence-corrected chi connectivity index (χ0v) is 20.1. The molecule has 0 spiro atoms. The summed E-state index contributed by atoms with van der Waals surface area (Å²) in [5.41, 5.74) is 16.5. The molecule has 0 saturated carbocycles. The molecule has 1 heterocycles. The van der Waals surface area contributed by atoms with Crippen molar-refractivity contribution in [3.63, 3.8) is 0 Å². The van der Waals surface area contributed by atoms with Crippen LogP contribution in [0.2, 0.25) is 0 Å². The number of nitrogens with zero attached hydrogens (tertiary/aromatic N) is 1. The van der Waals surface area contributed by atoms with E-state index in [1.165, 1.54) is 4.90 Å². The minimum atomic E-state index is -1.13. The Morgan fingerprint density at radius 3 is 2.35 bits per heavy atom. The second kappa shape index (κ2) is 14.5. The summed E-state index contributed by atoms with van der Waals surface area (Å²) in [6, 6.07) is -3.81. The summed E-state index contributed by atoms with van der Waals surface area (Å²) >= 11 is 0. The van der Waals surface area contributed by atoms with Crippen LogP contribution in [0.3, 0.4) is 0 Å². The number of rotatable bonds is 15. The van der Waals surface area contributed by atoms with Crippen molar-refractivity contribution < 1.29 is 29.1 Å². The maximum atomic E-state index is 13.4. The van der Waals surface area contributed by atoms with Gasteiger partial charge in [0.25, 0.3) is 0 Å². The summed E-state index contributed by atoms with van der Waals surface area (Å²) in [5, 5.41) is 14.7. The van der Waals surface area contributed by atoms with Crippen molar-refractivity contribution in [2.24, 2.45) is 23.1 Å². The normalized spacial score (nSPS) is 19.1. The van der Waals surface area contributed by atoms with Gasteiger partial charge < -0.3 is 37.8 Å². The smallest absolute Gasteiger partial charge is 0.326 e. The van der Waals surface area contributed by atoms with Gasteiger partial charge in [-0.1, -0.05) is 20.3 Å². The van der Waals surface area contributed by atoms with Crippen LogP contribution >= 0.6 is 0 Å². The molecular formula is C22H40N6O6. The number of aliphatic carboxylic acids is 1. The van der Waals surface area contributed by atoms with Gasteiger partial charge in [-0.3, -0.25) is 19.2 Å². The molecule has 0 aliphatic carbocycles. The number of hydrogen-bond donors (Lipinski definition) is 6. The van der Waals surface area contributed by atoms with Gasteiger partial charge in [0, 0.05) is 13.0 Å². The number of amides is 4. The first kappa shape index (κ1) is 29.3. The summed E-state index contributed by atoms with van der Waals surface area (Å²) in [6.45, 7) is 4.31.